The molecule has 0 saturated heterocycles. The van der Waals surface area contributed by atoms with Gasteiger partial charge in [0.2, 0.25) is 0 Å². The van der Waals surface area contributed by atoms with Gasteiger partial charge in [0.25, 0.3) is 0 Å². The number of pyridine rings is 1. The second kappa shape index (κ2) is 6.43. The number of aromatic nitrogens is 2. The first kappa shape index (κ1) is 15.4. The van der Waals surface area contributed by atoms with Gasteiger partial charge in [-0.05, 0) is 23.3 Å². The molecule has 0 atom stereocenters. The normalized spacial score (nSPS) is 10.7. The van der Waals surface area contributed by atoms with E-state index in [4.69, 9.17) is 16.6 Å². The van der Waals surface area contributed by atoms with E-state index in [9.17, 15) is 5.26 Å². The van der Waals surface area contributed by atoms with Crippen molar-refractivity contribution in [3.05, 3.63) is 83.6 Å². The summed E-state index contributed by atoms with van der Waals surface area (Å²) in [6.45, 7) is 0. The van der Waals surface area contributed by atoms with Crippen molar-refractivity contribution >= 4 is 17.2 Å². The lowest BCUT2D eigenvalue weighted by Gasteiger charge is -2.05. The van der Waals surface area contributed by atoms with Crippen LogP contribution in [0.3, 0.4) is 0 Å². The van der Waals surface area contributed by atoms with Gasteiger partial charge in [0.05, 0.1) is 28.9 Å². The molecular formula is C21H14ClN3. The van der Waals surface area contributed by atoms with E-state index < -0.39 is 0 Å². The first-order valence-electron chi connectivity index (χ1n) is 7.95. The Balaban J connectivity index is 1.82. The average Bonchev–Trinajstić information content (AvgIpc) is 3.01. The van der Waals surface area contributed by atoms with Gasteiger partial charge in [-0.1, -0.05) is 66.2 Å². The summed E-state index contributed by atoms with van der Waals surface area (Å²) in [5, 5.41) is 9.83. The van der Waals surface area contributed by atoms with Crippen LogP contribution in [-0.4, -0.2) is 9.38 Å². The third-order valence-corrected chi connectivity index (χ3v) is 4.42. The summed E-state index contributed by atoms with van der Waals surface area (Å²) in [6.07, 6.45) is 2.08. The molecule has 0 aliphatic carbocycles. The van der Waals surface area contributed by atoms with Crippen LogP contribution < -0.4 is 0 Å². The molecule has 2 aromatic heterocycles. The second-order valence-corrected chi connectivity index (χ2v) is 6.20. The molecular weight excluding hydrogens is 330 g/mol. The van der Waals surface area contributed by atoms with E-state index in [0.29, 0.717) is 5.02 Å². The highest BCUT2D eigenvalue weighted by atomic mass is 35.5. The van der Waals surface area contributed by atoms with E-state index in [1.807, 2.05) is 46.9 Å². The van der Waals surface area contributed by atoms with Gasteiger partial charge in [-0.15, -0.1) is 0 Å². The van der Waals surface area contributed by atoms with Crippen LogP contribution in [0.5, 0.6) is 0 Å². The fraction of sp³-hybridized carbons (Fsp3) is 0.0476. The Labute approximate surface area is 150 Å². The summed E-state index contributed by atoms with van der Waals surface area (Å²) < 4.78 is 1.89. The molecule has 4 rings (SSSR count). The number of fused-ring (bicyclic) bond motifs is 1. The molecule has 0 fully saturated rings. The number of benzene rings is 2. The van der Waals surface area contributed by atoms with Crippen LogP contribution in [0.15, 0.2) is 72.9 Å². The molecule has 0 aliphatic heterocycles. The van der Waals surface area contributed by atoms with E-state index in [-0.39, 0.29) is 6.42 Å². The molecule has 2 aromatic carbocycles. The van der Waals surface area contributed by atoms with E-state index in [2.05, 4.69) is 30.3 Å². The highest BCUT2D eigenvalue weighted by Crippen LogP contribution is 2.28. The Hall–Kier alpha value is -3.09. The number of nitriles is 1. The van der Waals surface area contributed by atoms with E-state index >= 15 is 0 Å². The zero-order chi connectivity index (χ0) is 17.2. The lowest BCUT2D eigenvalue weighted by Crippen LogP contribution is -1.93. The zero-order valence-corrected chi connectivity index (χ0v) is 14.1. The highest BCUT2D eigenvalue weighted by Gasteiger charge is 2.14. The molecule has 0 amide bonds. The van der Waals surface area contributed by atoms with Crippen LogP contribution in [0.1, 0.15) is 5.69 Å². The van der Waals surface area contributed by atoms with Crippen molar-refractivity contribution in [2.75, 3.05) is 0 Å². The summed E-state index contributed by atoms with van der Waals surface area (Å²) in [5.41, 5.74) is 5.78. The number of halogens is 1. The maximum absolute atomic E-state index is 9.21. The van der Waals surface area contributed by atoms with Crippen molar-refractivity contribution in [3.63, 3.8) is 0 Å². The van der Waals surface area contributed by atoms with Crippen LogP contribution in [0, 0.1) is 11.3 Å². The van der Waals surface area contributed by atoms with Gasteiger partial charge < -0.3 is 4.40 Å². The Morgan fingerprint density at radius 1 is 0.880 bits per heavy atom. The molecule has 0 spiro atoms. The lowest BCUT2D eigenvalue weighted by atomic mass is 10.0. The van der Waals surface area contributed by atoms with Crippen LogP contribution in [-0.2, 0) is 6.42 Å². The SMILES string of the molecule is N#CCc1c(-c2ccc(-c3ccccc3)cc2)nc2ccc(Cl)cn12. The Bertz CT molecular complexity index is 1070. The predicted molar refractivity (Wildman–Crippen MR) is 100 cm³/mol. The maximum Gasteiger partial charge on any atom is 0.137 e. The Morgan fingerprint density at radius 3 is 2.28 bits per heavy atom. The van der Waals surface area contributed by atoms with Gasteiger partial charge in [-0.3, -0.25) is 0 Å². The van der Waals surface area contributed by atoms with Crippen molar-refractivity contribution in [1.82, 2.24) is 9.38 Å². The number of imidazole rings is 1. The number of rotatable bonds is 3. The summed E-state index contributed by atoms with van der Waals surface area (Å²) >= 11 is 6.10. The fourth-order valence-electron chi connectivity index (χ4n) is 2.99. The first-order valence-corrected chi connectivity index (χ1v) is 8.33. The summed E-state index contributed by atoms with van der Waals surface area (Å²) in [5.74, 6) is 0. The zero-order valence-electron chi connectivity index (χ0n) is 13.4. The molecule has 120 valence electrons. The largest absolute Gasteiger partial charge is 0.301 e. The molecule has 0 aliphatic rings. The predicted octanol–water partition coefficient (Wildman–Crippen LogP) is 5.39. The number of hydrogen-bond acceptors (Lipinski definition) is 2. The van der Waals surface area contributed by atoms with Crippen molar-refractivity contribution in [3.8, 4) is 28.5 Å². The third-order valence-electron chi connectivity index (χ3n) is 4.19. The minimum atomic E-state index is 0.275. The average molecular weight is 344 g/mol. The standard InChI is InChI=1S/C21H14ClN3/c22-18-10-11-20-24-21(19(12-13-23)25(20)14-18)17-8-6-16(7-9-17)15-4-2-1-3-5-15/h1-11,14H,12H2. The topological polar surface area (TPSA) is 41.1 Å². The van der Waals surface area contributed by atoms with Gasteiger partial charge in [0.15, 0.2) is 0 Å². The van der Waals surface area contributed by atoms with Gasteiger partial charge in [0.1, 0.15) is 5.65 Å². The molecule has 0 unspecified atom stereocenters. The van der Waals surface area contributed by atoms with Gasteiger partial charge in [0, 0.05) is 11.8 Å². The van der Waals surface area contributed by atoms with Crippen LogP contribution in [0.2, 0.25) is 5.02 Å². The van der Waals surface area contributed by atoms with Crippen molar-refractivity contribution in [2.24, 2.45) is 0 Å². The smallest absolute Gasteiger partial charge is 0.137 e. The van der Waals surface area contributed by atoms with Gasteiger partial charge in [-0.2, -0.15) is 5.26 Å². The molecule has 4 aromatic rings. The van der Waals surface area contributed by atoms with Crippen molar-refractivity contribution < 1.29 is 0 Å². The molecule has 4 heteroatoms. The van der Waals surface area contributed by atoms with Gasteiger partial charge in [-0.25, -0.2) is 4.98 Å². The Kier molecular flexibility index (Phi) is 3.97. The second-order valence-electron chi connectivity index (χ2n) is 5.76. The summed E-state index contributed by atoms with van der Waals surface area (Å²) in [6, 6.07) is 24.4. The Morgan fingerprint density at radius 2 is 1.56 bits per heavy atom. The molecule has 0 saturated carbocycles. The molecule has 0 radical (unpaired) electrons. The lowest BCUT2D eigenvalue weighted by molar-refractivity contribution is 1.06. The number of hydrogen-bond donors (Lipinski definition) is 0. The molecule has 25 heavy (non-hydrogen) atoms. The molecule has 0 bridgehead atoms. The third kappa shape index (κ3) is 2.88. The minimum Gasteiger partial charge on any atom is -0.301 e. The van der Waals surface area contributed by atoms with Crippen molar-refractivity contribution in [1.29, 1.82) is 5.26 Å². The monoisotopic (exact) mass is 343 g/mol. The van der Waals surface area contributed by atoms with Crippen LogP contribution in [0.4, 0.5) is 0 Å². The van der Waals surface area contributed by atoms with E-state index in [0.717, 1.165) is 28.2 Å². The first-order chi connectivity index (χ1) is 12.3. The maximum atomic E-state index is 9.21. The van der Waals surface area contributed by atoms with Crippen LogP contribution in [0.25, 0.3) is 28.0 Å². The molecule has 0 N–H and O–H groups in total. The minimum absolute atomic E-state index is 0.275. The van der Waals surface area contributed by atoms with E-state index in [1.165, 1.54) is 5.56 Å². The van der Waals surface area contributed by atoms with Gasteiger partial charge >= 0.3 is 0 Å². The summed E-state index contributed by atoms with van der Waals surface area (Å²) in [7, 11) is 0. The van der Waals surface area contributed by atoms with E-state index in [1.54, 1.807) is 6.20 Å². The quantitative estimate of drug-likeness (QED) is 0.500. The van der Waals surface area contributed by atoms with Crippen LogP contribution >= 0.6 is 11.6 Å². The summed E-state index contributed by atoms with van der Waals surface area (Å²) in [4.78, 5) is 4.70. The van der Waals surface area contributed by atoms with Crippen molar-refractivity contribution in [2.45, 2.75) is 6.42 Å². The molecule has 2 heterocycles. The fourth-order valence-corrected chi connectivity index (χ4v) is 3.15. The molecule has 3 nitrogen and oxygen atoms in total. The highest BCUT2D eigenvalue weighted by molar-refractivity contribution is 6.30. The number of nitrogens with zero attached hydrogens (tertiary/aromatic N) is 3.